The maximum atomic E-state index is 6.18. The molecule has 3 heteroatoms. The molecule has 0 amide bonds. The van der Waals surface area contributed by atoms with Crippen molar-refractivity contribution >= 4 is 11.8 Å². The van der Waals surface area contributed by atoms with E-state index in [-0.39, 0.29) is 5.54 Å². The second-order valence-electron chi connectivity index (χ2n) is 6.86. The van der Waals surface area contributed by atoms with E-state index in [1.165, 1.54) is 37.9 Å². The van der Waals surface area contributed by atoms with Crippen LogP contribution >= 0.6 is 11.8 Å². The Labute approximate surface area is 118 Å². The van der Waals surface area contributed by atoms with E-state index in [0.29, 0.717) is 11.5 Å². The molecule has 0 aliphatic heterocycles. The molecule has 0 saturated heterocycles. The van der Waals surface area contributed by atoms with Crippen molar-refractivity contribution in [2.45, 2.75) is 64.5 Å². The monoisotopic (exact) mass is 272 g/mol. The zero-order valence-electron chi connectivity index (χ0n) is 13.0. The first-order chi connectivity index (χ1) is 8.37. The Bertz CT molecular complexity index is 255. The molecule has 0 bridgehead atoms. The van der Waals surface area contributed by atoms with E-state index in [1.54, 1.807) is 0 Å². The Morgan fingerprint density at radius 1 is 1.22 bits per heavy atom. The summed E-state index contributed by atoms with van der Waals surface area (Å²) >= 11 is 1.93. The molecule has 0 heterocycles. The average molecular weight is 273 g/mol. The van der Waals surface area contributed by atoms with Gasteiger partial charge in [0.15, 0.2) is 0 Å². The molecule has 0 radical (unpaired) electrons. The Kier molecular flexibility index (Phi) is 6.01. The smallest absolute Gasteiger partial charge is 0.0332 e. The van der Waals surface area contributed by atoms with Gasteiger partial charge in [-0.2, -0.15) is 11.8 Å². The first kappa shape index (κ1) is 16.3. The summed E-state index contributed by atoms with van der Waals surface area (Å²) in [4.78, 5) is 2.57. The fourth-order valence-electron chi connectivity index (χ4n) is 3.24. The van der Waals surface area contributed by atoms with Crippen LogP contribution in [-0.4, -0.2) is 42.1 Å². The maximum absolute atomic E-state index is 6.18. The highest BCUT2D eigenvalue weighted by molar-refractivity contribution is 7.98. The lowest BCUT2D eigenvalue weighted by molar-refractivity contribution is 0.0756. The Morgan fingerprint density at radius 2 is 1.89 bits per heavy atom. The van der Waals surface area contributed by atoms with Crippen LogP contribution in [0.5, 0.6) is 0 Å². The van der Waals surface area contributed by atoms with Crippen molar-refractivity contribution in [1.29, 1.82) is 0 Å². The normalized spacial score (nSPS) is 30.2. The van der Waals surface area contributed by atoms with Crippen LogP contribution in [0.15, 0.2) is 0 Å². The molecule has 1 aliphatic rings. The molecule has 0 spiro atoms. The second-order valence-corrected chi connectivity index (χ2v) is 7.77. The molecule has 2 unspecified atom stereocenters. The summed E-state index contributed by atoms with van der Waals surface area (Å²) in [5, 5.41) is 0. The molecule has 0 aromatic heterocycles. The maximum Gasteiger partial charge on any atom is 0.0332 e. The average Bonchev–Trinajstić information content (AvgIpc) is 2.48. The lowest BCUT2D eigenvalue weighted by Gasteiger charge is -2.44. The molecule has 1 rings (SSSR count). The Hall–Kier alpha value is 0.270. The van der Waals surface area contributed by atoms with Gasteiger partial charge in [-0.05, 0) is 51.3 Å². The molecular weight excluding hydrogens is 240 g/mol. The standard InChI is InChI=1S/C15H32N2S/c1-13(11-18-5)17(4)15(12-16)8-6-7-14(2,3)9-10-15/h13H,6-12,16H2,1-5H3. The topological polar surface area (TPSA) is 29.3 Å². The van der Waals surface area contributed by atoms with Gasteiger partial charge < -0.3 is 5.73 Å². The largest absolute Gasteiger partial charge is 0.329 e. The third kappa shape index (κ3) is 3.88. The molecule has 0 aromatic rings. The molecule has 2 atom stereocenters. The minimum atomic E-state index is 0.239. The van der Waals surface area contributed by atoms with E-state index in [4.69, 9.17) is 5.73 Å². The van der Waals surface area contributed by atoms with Gasteiger partial charge in [0, 0.05) is 23.9 Å². The fourth-order valence-corrected chi connectivity index (χ4v) is 3.94. The SMILES string of the molecule is CSCC(C)N(C)C1(CN)CCCC(C)(C)CC1. The van der Waals surface area contributed by atoms with Crippen molar-refractivity contribution in [3.63, 3.8) is 0 Å². The van der Waals surface area contributed by atoms with Crippen LogP contribution < -0.4 is 5.73 Å². The van der Waals surface area contributed by atoms with E-state index in [0.717, 1.165) is 6.54 Å². The first-order valence-electron chi connectivity index (χ1n) is 7.29. The lowest BCUT2D eigenvalue weighted by Crippen LogP contribution is -2.55. The quantitative estimate of drug-likeness (QED) is 0.778. The van der Waals surface area contributed by atoms with Crippen molar-refractivity contribution in [2.75, 3.05) is 25.6 Å². The van der Waals surface area contributed by atoms with Gasteiger partial charge in [0.2, 0.25) is 0 Å². The van der Waals surface area contributed by atoms with Gasteiger partial charge in [-0.15, -0.1) is 0 Å². The molecule has 2 N–H and O–H groups in total. The van der Waals surface area contributed by atoms with Gasteiger partial charge in [-0.1, -0.05) is 20.3 Å². The highest BCUT2D eigenvalue weighted by Gasteiger charge is 2.39. The number of rotatable bonds is 5. The van der Waals surface area contributed by atoms with E-state index in [2.05, 4.69) is 39.0 Å². The minimum absolute atomic E-state index is 0.239. The van der Waals surface area contributed by atoms with E-state index >= 15 is 0 Å². The molecular formula is C15H32N2S. The third-order valence-corrected chi connectivity index (χ3v) is 5.78. The zero-order valence-corrected chi connectivity index (χ0v) is 13.8. The van der Waals surface area contributed by atoms with Gasteiger partial charge in [0.05, 0.1) is 0 Å². The fraction of sp³-hybridized carbons (Fsp3) is 1.00. The molecule has 108 valence electrons. The predicted molar refractivity (Wildman–Crippen MR) is 84.3 cm³/mol. The molecule has 18 heavy (non-hydrogen) atoms. The van der Waals surface area contributed by atoms with Crippen molar-refractivity contribution in [1.82, 2.24) is 4.90 Å². The Balaban J connectivity index is 2.78. The number of nitrogens with two attached hydrogens (primary N) is 1. The van der Waals surface area contributed by atoms with Crippen molar-refractivity contribution in [3.05, 3.63) is 0 Å². The molecule has 1 aliphatic carbocycles. The summed E-state index contributed by atoms with van der Waals surface area (Å²) in [7, 11) is 2.28. The number of hydrogen-bond acceptors (Lipinski definition) is 3. The summed E-state index contributed by atoms with van der Waals surface area (Å²) in [5.41, 5.74) is 6.92. The number of thioether (sulfide) groups is 1. The summed E-state index contributed by atoms with van der Waals surface area (Å²) in [6.07, 6.45) is 8.68. The van der Waals surface area contributed by atoms with E-state index in [9.17, 15) is 0 Å². The number of nitrogens with zero attached hydrogens (tertiary/aromatic N) is 1. The van der Waals surface area contributed by atoms with Crippen LogP contribution in [0.2, 0.25) is 0 Å². The van der Waals surface area contributed by atoms with Crippen molar-refractivity contribution in [2.24, 2.45) is 11.1 Å². The van der Waals surface area contributed by atoms with Crippen LogP contribution in [0.25, 0.3) is 0 Å². The lowest BCUT2D eigenvalue weighted by atomic mass is 9.82. The second kappa shape index (κ2) is 6.62. The van der Waals surface area contributed by atoms with E-state index < -0.39 is 0 Å². The van der Waals surface area contributed by atoms with Crippen LogP contribution in [0.3, 0.4) is 0 Å². The van der Waals surface area contributed by atoms with Crippen LogP contribution in [0.4, 0.5) is 0 Å². The van der Waals surface area contributed by atoms with Gasteiger partial charge in [-0.25, -0.2) is 0 Å². The first-order valence-corrected chi connectivity index (χ1v) is 8.68. The van der Waals surface area contributed by atoms with Gasteiger partial charge >= 0.3 is 0 Å². The predicted octanol–water partition coefficient (Wildman–Crippen LogP) is 3.36. The summed E-state index contributed by atoms with van der Waals surface area (Å²) in [5.74, 6) is 1.20. The van der Waals surface area contributed by atoms with Gasteiger partial charge in [0.25, 0.3) is 0 Å². The van der Waals surface area contributed by atoms with E-state index in [1.807, 2.05) is 11.8 Å². The highest BCUT2D eigenvalue weighted by atomic mass is 32.2. The Morgan fingerprint density at radius 3 is 2.44 bits per heavy atom. The number of hydrogen-bond donors (Lipinski definition) is 1. The van der Waals surface area contributed by atoms with Crippen molar-refractivity contribution < 1.29 is 0 Å². The summed E-state index contributed by atoms with van der Waals surface area (Å²) < 4.78 is 0. The summed E-state index contributed by atoms with van der Waals surface area (Å²) in [6.45, 7) is 7.96. The molecule has 1 fully saturated rings. The van der Waals surface area contributed by atoms with Gasteiger partial charge in [0.1, 0.15) is 0 Å². The molecule has 2 nitrogen and oxygen atoms in total. The van der Waals surface area contributed by atoms with Crippen LogP contribution in [0, 0.1) is 5.41 Å². The van der Waals surface area contributed by atoms with Crippen LogP contribution in [-0.2, 0) is 0 Å². The molecule has 0 aromatic carbocycles. The summed E-state index contributed by atoms with van der Waals surface area (Å²) in [6, 6.07) is 0.616. The molecule has 1 saturated carbocycles. The van der Waals surface area contributed by atoms with Crippen molar-refractivity contribution in [3.8, 4) is 0 Å². The highest BCUT2D eigenvalue weighted by Crippen LogP contribution is 2.40. The van der Waals surface area contributed by atoms with Crippen LogP contribution in [0.1, 0.15) is 52.9 Å². The number of likely N-dealkylation sites (N-methyl/N-ethyl adjacent to an activating group) is 1. The zero-order chi connectivity index (χ0) is 13.8. The third-order valence-electron chi connectivity index (χ3n) is 4.96. The van der Waals surface area contributed by atoms with Gasteiger partial charge in [-0.3, -0.25) is 4.90 Å². The minimum Gasteiger partial charge on any atom is -0.329 e.